The van der Waals surface area contributed by atoms with Crippen molar-refractivity contribution in [3.8, 4) is 0 Å². The van der Waals surface area contributed by atoms with Crippen LogP contribution in [0.25, 0.3) is 0 Å². The summed E-state index contributed by atoms with van der Waals surface area (Å²) in [6, 6.07) is 4.64. The highest BCUT2D eigenvalue weighted by Gasteiger charge is 2.33. The van der Waals surface area contributed by atoms with Crippen molar-refractivity contribution in [2.75, 3.05) is 23.8 Å². The number of likely N-dealkylation sites (N-methyl/N-ethyl adjacent to an activating group) is 1. The first-order valence-corrected chi connectivity index (χ1v) is 7.71. The molecule has 0 bridgehead atoms. The topological polar surface area (TPSA) is 58.1 Å². The summed E-state index contributed by atoms with van der Waals surface area (Å²) >= 11 is 11.4. The normalized spacial score (nSPS) is 11.3. The van der Waals surface area contributed by atoms with Crippen molar-refractivity contribution in [2.45, 2.75) is 13.1 Å². The second kappa shape index (κ2) is 7.45. The summed E-state index contributed by atoms with van der Waals surface area (Å²) in [6.07, 6.45) is -4.61. The Morgan fingerprint density at radius 1 is 1.24 bits per heavy atom. The third-order valence-electron chi connectivity index (χ3n) is 3.12. The van der Waals surface area contributed by atoms with Gasteiger partial charge in [-0.15, -0.1) is 0 Å². The van der Waals surface area contributed by atoms with Crippen molar-refractivity contribution in [3.63, 3.8) is 0 Å². The molecule has 0 saturated heterocycles. The minimum Gasteiger partial charge on any atom is -0.350 e. The zero-order chi connectivity index (χ0) is 18.8. The number of carbonyl (C=O) groups excluding carboxylic acids is 1. The number of rotatable bonds is 4. The van der Waals surface area contributed by atoms with E-state index < -0.39 is 22.7 Å². The van der Waals surface area contributed by atoms with Crippen LogP contribution in [-0.2, 0) is 11.0 Å². The molecule has 1 N–H and O–H groups in total. The Morgan fingerprint density at radius 3 is 2.52 bits per heavy atom. The Labute approximate surface area is 151 Å². The largest absolute Gasteiger partial charge is 0.417 e. The van der Waals surface area contributed by atoms with Gasteiger partial charge in [-0.25, -0.2) is 9.97 Å². The smallest absolute Gasteiger partial charge is 0.350 e. The minimum absolute atomic E-state index is 0.00738. The van der Waals surface area contributed by atoms with Crippen LogP contribution in [0, 0.1) is 6.92 Å². The highest BCUT2D eigenvalue weighted by Crippen LogP contribution is 2.36. The lowest BCUT2D eigenvalue weighted by atomic mass is 10.2. The average molecular weight is 393 g/mol. The summed E-state index contributed by atoms with van der Waals surface area (Å²) in [5.41, 5.74) is -1.02. The van der Waals surface area contributed by atoms with Gasteiger partial charge in [-0.3, -0.25) is 4.79 Å². The molecular formula is C15H13Cl2F3N4O. The molecule has 0 fully saturated rings. The van der Waals surface area contributed by atoms with Crippen molar-refractivity contribution < 1.29 is 18.0 Å². The number of alkyl halides is 3. The number of benzene rings is 1. The van der Waals surface area contributed by atoms with E-state index in [1.54, 1.807) is 14.0 Å². The van der Waals surface area contributed by atoms with E-state index in [0.29, 0.717) is 11.6 Å². The lowest BCUT2D eigenvalue weighted by molar-refractivity contribution is -0.137. The van der Waals surface area contributed by atoms with Gasteiger partial charge in [-0.2, -0.15) is 13.2 Å². The predicted octanol–water partition coefficient (Wildman–Crippen LogP) is 4.19. The molecule has 1 aromatic carbocycles. The van der Waals surface area contributed by atoms with Gasteiger partial charge in [0.2, 0.25) is 5.91 Å². The van der Waals surface area contributed by atoms with Crippen LogP contribution in [-0.4, -0.2) is 29.5 Å². The molecule has 10 heteroatoms. The molecule has 0 radical (unpaired) electrons. The van der Waals surface area contributed by atoms with Crippen LogP contribution >= 0.6 is 23.2 Å². The van der Waals surface area contributed by atoms with Gasteiger partial charge in [0.15, 0.2) is 0 Å². The third-order valence-corrected chi connectivity index (χ3v) is 3.64. The summed E-state index contributed by atoms with van der Waals surface area (Å²) in [4.78, 5) is 21.6. The van der Waals surface area contributed by atoms with Crippen LogP contribution < -0.4 is 10.2 Å². The van der Waals surface area contributed by atoms with Crippen LogP contribution in [0.15, 0.2) is 24.3 Å². The standard InChI is InChI=1S/C15H13Cl2F3N4O/c1-8-21-12(17)6-13(22-8)24(2)7-14(25)23-9-3-4-11(16)10(5-9)15(18,19)20/h3-6H,7H2,1-2H3,(H,23,25). The Balaban J connectivity index is 2.10. The predicted molar refractivity (Wildman–Crippen MR) is 90.1 cm³/mol. The molecule has 0 aliphatic carbocycles. The van der Waals surface area contributed by atoms with Gasteiger partial charge in [0, 0.05) is 18.8 Å². The number of nitrogens with one attached hydrogen (secondary N) is 1. The van der Waals surface area contributed by atoms with Crippen molar-refractivity contribution >= 4 is 40.6 Å². The lowest BCUT2D eigenvalue weighted by Crippen LogP contribution is -2.30. The first-order valence-electron chi connectivity index (χ1n) is 6.95. The molecule has 0 atom stereocenters. The van der Waals surface area contributed by atoms with Gasteiger partial charge in [-0.05, 0) is 25.1 Å². The van der Waals surface area contributed by atoms with E-state index >= 15 is 0 Å². The van der Waals surface area contributed by atoms with Gasteiger partial charge in [0.05, 0.1) is 17.1 Å². The molecule has 134 valence electrons. The Hall–Kier alpha value is -2.06. The minimum atomic E-state index is -4.61. The number of carbonyl (C=O) groups is 1. The lowest BCUT2D eigenvalue weighted by Gasteiger charge is -2.18. The van der Waals surface area contributed by atoms with Crippen molar-refractivity contribution in [1.82, 2.24) is 9.97 Å². The number of hydrogen-bond donors (Lipinski definition) is 1. The number of amides is 1. The zero-order valence-corrected chi connectivity index (χ0v) is 14.7. The fourth-order valence-electron chi connectivity index (χ4n) is 2.03. The molecule has 2 aromatic rings. The van der Waals surface area contributed by atoms with Crippen molar-refractivity contribution in [1.29, 1.82) is 0 Å². The average Bonchev–Trinajstić information content (AvgIpc) is 2.47. The summed E-state index contributed by atoms with van der Waals surface area (Å²) in [7, 11) is 1.60. The molecule has 0 aliphatic rings. The summed E-state index contributed by atoms with van der Waals surface area (Å²) < 4.78 is 38.5. The van der Waals surface area contributed by atoms with E-state index in [9.17, 15) is 18.0 Å². The molecule has 0 aliphatic heterocycles. The second-order valence-corrected chi connectivity index (χ2v) is 5.99. The first-order chi connectivity index (χ1) is 11.6. The van der Waals surface area contributed by atoms with Crippen LogP contribution in [0.2, 0.25) is 10.2 Å². The number of nitrogens with zero attached hydrogens (tertiary/aromatic N) is 3. The maximum Gasteiger partial charge on any atom is 0.417 e. The monoisotopic (exact) mass is 392 g/mol. The summed E-state index contributed by atoms with van der Waals surface area (Å²) in [5.74, 6) is 0.326. The molecule has 2 rings (SSSR count). The Bertz CT molecular complexity index is 779. The maximum atomic E-state index is 12.8. The number of aryl methyl sites for hydroxylation is 1. The van der Waals surface area contributed by atoms with Gasteiger partial charge < -0.3 is 10.2 Å². The van der Waals surface area contributed by atoms with Crippen LogP contribution in [0.3, 0.4) is 0 Å². The summed E-state index contributed by atoms with van der Waals surface area (Å²) in [6.45, 7) is 1.51. The van der Waals surface area contributed by atoms with Gasteiger partial charge in [0.25, 0.3) is 0 Å². The molecule has 1 aromatic heterocycles. The molecule has 0 saturated carbocycles. The second-order valence-electron chi connectivity index (χ2n) is 5.19. The molecule has 1 heterocycles. The number of halogens is 5. The highest BCUT2D eigenvalue weighted by molar-refractivity contribution is 6.31. The van der Waals surface area contributed by atoms with Crippen LogP contribution in [0.4, 0.5) is 24.7 Å². The van der Waals surface area contributed by atoms with E-state index in [1.165, 1.54) is 17.0 Å². The Morgan fingerprint density at radius 2 is 1.92 bits per heavy atom. The van der Waals surface area contributed by atoms with E-state index in [2.05, 4.69) is 15.3 Å². The summed E-state index contributed by atoms with van der Waals surface area (Å²) in [5, 5.41) is 2.18. The van der Waals surface area contributed by atoms with Gasteiger partial charge in [0.1, 0.15) is 16.8 Å². The highest BCUT2D eigenvalue weighted by atomic mass is 35.5. The molecule has 1 amide bonds. The fourth-order valence-corrected chi connectivity index (χ4v) is 2.47. The zero-order valence-electron chi connectivity index (χ0n) is 13.2. The van der Waals surface area contributed by atoms with Crippen LogP contribution in [0.5, 0.6) is 0 Å². The third kappa shape index (κ3) is 5.20. The number of anilines is 2. The van der Waals surface area contributed by atoms with E-state index in [4.69, 9.17) is 23.2 Å². The molecule has 0 spiro atoms. The molecular weight excluding hydrogens is 380 g/mol. The number of aromatic nitrogens is 2. The maximum absolute atomic E-state index is 12.8. The van der Waals surface area contributed by atoms with E-state index in [1.807, 2.05) is 0 Å². The van der Waals surface area contributed by atoms with E-state index in [-0.39, 0.29) is 17.4 Å². The SMILES string of the molecule is Cc1nc(Cl)cc(N(C)CC(=O)Nc2ccc(Cl)c(C(F)(F)F)c2)n1. The van der Waals surface area contributed by atoms with Crippen molar-refractivity contribution in [3.05, 3.63) is 45.8 Å². The van der Waals surface area contributed by atoms with Crippen LogP contribution in [0.1, 0.15) is 11.4 Å². The number of hydrogen-bond acceptors (Lipinski definition) is 4. The molecule has 5 nitrogen and oxygen atoms in total. The van der Waals surface area contributed by atoms with Crippen molar-refractivity contribution in [2.24, 2.45) is 0 Å². The van der Waals surface area contributed by atoms with Gasteiger partial charge >= 0.3 is 6.18 Å². The Kier molecular flexibility index (Phi) is 5.74. The quantitative estimate of drug-likeness (QED) is 0.792. The molecule has 0 unspecified atom stereocenters. The fraction of sp³-hybridized carbons (Fsp3) is 0.267. The van der Waals surface area contributed by atoms with Gasteiger partial charge in [-0.1, -0.05) is 23.2 Å². The molecule has 25 heavy (non-hydrogen) atoms. The van der Waals surface area contributed by atoms with E-state index in [0.717, 1.165) is 12.1 Å². The first kappa shape index (κ1) is 19.3.